The highest BCUT2D eigenvalue weighted by molar-refractivity contribution is 7.92. The first-order valence-corrected chi connectivity index (χ1v) is 11.6. The van der Waals surface area contributed by atoms with Gasteiger partial charge in [0.1, 0.15) is 0 Å². The summed E-state index contributed by atoms with van der Waals surface area (Å²) in [4.78, 5) is 25.3. The standard InChI is InChI=1S/C22H27N3O4S/c1-15(2)23-22(27)18-8-4-5-9-19(18)24-21(26)17-11-10-16(3)20(14-17)25-12-6-7-13-30(25,28)29/h4-5,8-11,14-15H,6-7,12-13H2,1-3H3,(H,23,27)(H,24,26). The molecular weight excluding hydrogens is 402 g/mol. The van der Waals surface area contributed by atoms with E-state index in [0.717, 1.165) is 12.0 Å². The Labute approximate surface area is 177 Å². The molecule has 1 saturated heterocycles. The van der Waals surface area contributed by atoms with Crippen LogP contribution in [-0.2, 0) is 10.0 Å². The highest BCUT2D eigenvalue weighted by Crippen LogP contribution is 2.28. The third-order valence-electron chi connectivity index (χ3n) is 4.93. The van der Waals surface area contributed by atoms with Gasteiger partial charge >= 0.3 is 0 Å². The normalized spacial score (nSPS) is 15.7. The lowest BCUT2D eigenvalue weighted by atomic mass is 10.1. The number of nitrogens with zero attached hydrogens (tertiary/aromatic N) is 1. The van der Waals surface area contributed by atoms with Crippen LogP contribution >= 0.6 is 0 Å². The van der Waals surface area contributed by atoms with Gasteiger partial charge in [-0.05, 0) is 63.4 Å². The Morgan fingerprint density at radius 1 is 1.03 bits per heavy atom. The number of aryl methyl sites for hydroxylation is 1. The minimum absolute atomic E-state index is 0.0348. The molecule has 0 bridgehead atoms. The lowest BCUT2D eigenvalue weighted by molar-refractivity contribution is 0.0944. The van der Waals surface area contributed by atoms with Crippen LogP contribution in [0.4, 0.5) is 11.4 Å². The smallest absolute Gasteiger partial charge is 0.255 e. The average molecular weight is 430 g/mol. The van der Waals surface area contributed by atoms with Crippen LogP contribution in [0, 0.1) is 6.92 Å². The molecule has 2 N–H and O–H groups in total. The fraction of sp³-hybridized carbons (Fsp3) is 0.364. The maximum atomic E-state index is 12.9. The molecule has 1 heterocycles. The highest BCUT2D eigenvalue weighted by Gasteiger charge is 2.27. The van der Waals surface area contributed by atoms with E-state index in [-0.39, 0.29) is 17.7 Å². The molecule has 30 heavy (non-hydrogen) atoms. The summed E-state index contributed by atoms with van der Waals surface area (Å²) in [6.07, 6.45) is 1.43. The van der Waals surface area contributed by atoms with Crippen molar-refractivity contribution in [3.05, 3.63) is 59.2 Å². The maximum Gasteiger partial charge on any atom is 0.255 e. The van der Waals surface area contributed by atoms with Gasteiger partial charge in [0, 0.05) is 18.2 Å². The van der Waals surface area contributed by atoms with Crippen molar-refractivity contribution in [3.63, 3.8) is 0 Å². The molecule has 0 radical (unpaired) electrons. The molecule has 0 unspecified atom stereocenters. The van der Waals surface area contributed by atoms with Crippen molar-refractivity contribution in [2.45, 2.75) is 39.7 Å². The van der Waals surface area contributed by atoms with Gasteiger partial charge in [0.05, 0.1) is 22.7 Å². The first-order chi connectivity index (χ1) is 14.2. The summed E-state index contributed by atoms with van der Waals surface area (Å²) in [6, 6.07) is 11.7. The Bertz CT molecular complexity index is 1060. The van der Waals surface area contributed by atoms with E-state index in [1.165, 1.54) is 4.31 Å². The van der Waals surface area contributed by atoms with Gasteiger partial charge in [0.25, 0.3) is 11.8 Å². The van der Waals surface area contributed by atoms with Crippen LogP contribution in [0.3, 0.4) is 0 Å². The molecule has 3 rings (SSSR count). The number of carbonyl (C=O) groups is 2. The number of hydrogen-bond donors (Lipinski definition) is 2. The second-order valence-corrected chi connectivity index (χ2v) is 9.74. The third-order valence-corrected chi connectivity index (χ3v) is 6.78. The summed E-state index contributed by atoms with van der Waals surface area (Å²) < 4.78 is 26.4. The van der Waals surface area contributed by atoms with Gasteiger partial charge in [-0.3, -0.25) is 13.9 Å². The molecule has 2 aromatic rings. The lowest BCUT2D eigenvalue weighted by Gasteiger charge is -2.29. The Morgan fingerprint density at radius 3 is 2.47 bits per heavy atom. The fourth-order valence-electron chi connectivity index (χ4n) is 3.40. The molecule has 0 spiro atoms. The predicted molar refractivity (Wildman–Crippen MR) is 119 cm³/mol. The van der Waals surface area contributed by atoms with Gasteiger partial charge in [-0.1, -0.05) is 18.2 Å². The minimum Gasteiger partial charge on any atom is -0.350 e. The van der Waals surface area contributed by atoms with Crippen molar-refractivity contribution in [1.29, 1.82) is 0 Å². The monoisotopic (exact) mass is 429 g/mol. The molecule has 1 aliphatic heterocycles. The Balaban J connectivity index is 1.88. The van der Waals surface area contributed by atoms with Crippen molar-refractivity contribution in [3.8, 4) is 0 Å². The maximum absolute atomic E-state index is 12.9. The first kappa shape index (κ1) is 21.8. The quantitative estimate of drug-likeness (QED) is 0.762. The van der Waals surface area contributed by atoms with E-state index in [1.54, 1.807) is 42.5 Å². The molecule has 7 nitrogen and oxygen atoms in total. The number of anilines is 2. The van der Waals surface area contributed by atoms with Crippen molar-refractivity contribution >= 4 is 33.2 Å². The van der Waals surface area contributed by atoms with Crippen LogP contribution in [0.2, 0.25) is 0 Å². The number of benzene rings is 2. The molecule has 0 saturated carbocycles. The molecule has 0 aromatic heterocycles. The highest BCUT2D eigenvalue weighted by atomic mass is 32.2. The zero-order valence-electron chi connectivity index (χ0n) is 17.4. The summed E-state index contributed by atoms with van der Waals surface area (Å²) in [6.45, 7) is 5.96. The van der Waals surface area contributed by atoms with Gasteiger partial charge in [-0.2, -0.15) is 0 Å². The fourth-order valence-corrected chi connectivity index (χ4v) is 5.10. The molecule has 160 valence electrons. The summed E-state index contributed by atoms with van der Waals surface area (Å²) in [7, 11) is -3.38. The second-order valence-electron chi connectivity index (χ2n) is 7.72. The number of sulfonamides is 1. The van der Waals surface area contributed by atoms with Crippen LogP contribution < -0.4 is 14.9 Å². The van der Waals surface area contributed by atoms with E-state index >= 15 is 0 Å². The van der Waals surface area contributed by atoms with E-state index in [2.05, 4.69) is 10.6 Å². The summed E-state index contributed by atoms with van der Waals surface area (Å²) >= 11 is 0. The largest absolute Gasteiger partial charge is 0.350 e. The van der Waals surface area contributed by atoms with Crippen LogP contribution in [0.25, 0.3) is 0 Å². The molecule has 0 aliphatic carbocycles. The van der Waals surface area contributed by atoms with Crippen molar-refractivity contribution in [2.75, 3.05) is 21.9 Å². The third kappa shape index (κ3) is 4.81. The van der Waals surface area contributed by atoms with E-state index in [9.17, 15) is 18.0 Å². The zero-order chi connectivity index (χ0) is 21.9. The molecule has 2 amide bonds. The first-order valence-electron chi connectivity index (χ1n) is 10.0. The van der Waals surface area contributed by atoms with Crippen molar-refractivity contribution in [1.82, 2.24) is 5.32 Å². The lowest BCUT2D eigenvalue weighted by Crippen LogP contribution is -2.38. The number of hydrogen-bond acceptors (Lipinski definition) is 4. The predicted octanol–water partition coefficient (Wildman–Crippen LogP) is 3.32. The Kier molecular flexibility index (Phi) is 6.45. The van der Waals surface area contributed by atoms with Gasteiger partial charge in [-0.25, -0.2) is 8.42 Å². The molecule has 1 aliphatic rings. The summed E-state index contributed by atoms with van der Waals surface area (Å²) in [5.74, 6) is -0.568. The van der Waals surface area contributed by atoms with E-state index in [0.29, 0.717) is 35.5 Å². The number of rotatable bonds is 5. The Morgan fingerprint density at radius 2 is 1.77 bits per heavy atom. The molecular formula is C22H27N3O4S. The number of carbonyl (C=O) groups excluding carboxylic acids is 2. The number of amides is 2. The summed E-state index contributed by atoms with van der Waals surface area (Å²) in [5, 5.41) is 5.60. The van der Waals surface area contributed by atoms with Crippen LogP contribution in [-0.4, -0.2) is 38.6 Å². The number of nitrogens with one attached hydrogen (secondary N) is 2. The number of para-hydroxylation sites is 1. The van der Waals surface area contributed by atoms with Crippen LogP contribution in [0.15, 0.2) is 42.5 Å². The molecule has 8 heteroatoms. The van der Waals surface area contributed by atoms with Crippen molar-refractivity contribution < 1.29 is 18.0 Å². The van der Waals surface area contributed by atoms with Crippen molar-refractivity contribution in [2.24, 2.45) is 0 Å². The second kappa shape index (κ2) is 8.87. The average Bonchev–Trinajstić information content (AvgIpc) is 2.68. The topological polar surface area (TPSA) is 95.6 Å². The van der Waals surface area contributed by atoms with E-state index in [1.807, 2.05) is 20.8 Å². The molecule has 2 aromatic carbocycles. The Hall–Kier alpha value is -2.87. The molecule has 0 atom stereocenters. The SMILES string of the molecule is Cc1ccc(C(=O)Nc2ccccc2C(=O)NC(C)C)cc1N1CCCCS1(=O)=O. The van der Waals surface area contributed by atoms with Gasteiger partial charge in [0.2, 0.25) is 10.0 Å². The van der Waals surface area contributed by atoms with Gasteiger partial charge in [0.15, 0.2) is 0 Å². The van der Waals surface area contributed by atoms with Crippen LogP contribution in [0.1, 0.15) is 53.0 Å². The van der Waals surface area contributed by atoms with E-state index in [4.69, 9.17) is 0 Å². The zero-order valence-corrected chi connectivity index (χ0v) is 18.3. The van der Waals surface area contributed by atoms with Gasteiger partial charge < -0.3 is 10.6 Å². The summed E-state index contributed by atoms with van der Waals surface area (Å²) in [5.41, 5.74) is 2.40. The minimum atomic E-state index is -3.38. The van der Waals surface area contributed by atoms with E-state index < -0.39 is 15.9 Å². The van der Waals surface area contributed by atoms with Crippen LogP contribution in [0.5, 0.6) is 0 Å². The molecule has 1 fully saturated rings. The van der Waals surface area contributed by atoms with Gasteiger partial charge in [-0.15, -0.1) is 0 Å².